The van der Waals surface area contributed by atoms with Crippen molar-refractivity contribution < 1.29 is 19.1 Å². The smallest absolute Gasteiger partial charge is 0.318 e. The van der Waals surface area contributed by atoms with Gasteiger partial charge in [-0.15, -0.1) is 0 Å². The average molecular weight is 410 g/mol. The van der Waals surface area contributed by atoms with E-state index in [1.807, 2.05) is 54.6 Å². The van der Waals surface area contributed by atoms with Gasteiger partial charge in [0.2, 0.25) is 0 Å². The summed E-state index contributed by atoms with van der Waals surface area (Å²) in [5.41, 5.74) is 2.14. The summed E-state index contributed by atoms with van der Waals surface area (Å²) >= 11 is 1.21. The number of carbonyl (C=O) groups excluding carboxylic acids is 2. The summed E-state index contributed by atoms with van der Waals surface area (Å²) < 4.78 is 9.97. The molecule has 1 aliphatic rings. The summed E-state index contributed by atoms with van der Waals surface area (Å²) in [6.07, 6.45) is 1.73. The Kier molecular flexibility index (Phi) is 6.72. The minimum Gasteiger partial charge on any atom is -0.497 e. The molecule has 0 bridgehead atoms. The number of amides is 1. The standard InChI is InChI=1S/C22H22N2O4S/c1-15(21(26)28-3)29-22-23-19(13-16-9-11-18(27-2)12-10-16)20(25)24(22)14-17-7-5-4-6-8-17/h4-13,15H,14H2,1-3H3/b19-13-/t15-/m1/s1. The first-order valence-electron chi connectivity index (χ1n) is 9.06. The maximum absolute atomic E-state index is 13.1. The highest BCUT2D eigenvalue weighted by atomic mass is 32.2. The van der Waals surface area contributed by atoms with E-state index in [2.05, 4.69) is 4.99 Å². The third-order valence-electron chi connectivity index (χ3n) is 4.33. The third kappa shape index (κ3) is 5.06. The molecule has 2 aromatic carbocycles. The number of aliphatic imine (C=N–C) groups is 1. The Bertz CT molecular complexity index is 939. The Morgan fingerprint density at radius 3 is 2.45 bits per heavy atom. The van der Waals surface area contributed by atoms with Gasteiger partial charge in [0.25, 0.3) is 5.91 Å². The molecule has 3 rings (SSSR count). The number of rotatable bonds is 6. The van der Waals surface area contributed by atoms with E-state index in [1.165, 1.54) is 18.9 Å². The van der Waals surface area contributed by atoms with Crippen LogP contribution in [0.25, 0.3) is 6.08 Å². The van der Waals surface area contributed by atoms with E-state index in [1.54, 1.807) is 25.0 Å². The first kappa shape index (κ1) is 20.7. The lowest BCUT2D eigenvalue weighted by Gasteiger charge is -2.19. The van der Waals surface area contributed by atoms with Crippen molar-refractivity contribution in [1.29, 1.82) is 0 Å². The Labute approximate surface area is 174 Å². The summed E-state index contributed by atoms with van der Waals surface area (Å²) in [5, 5.41) is 0.00155. The minimum absolute atomic E-state index is 0.204. The highest BCUT2D eigenvalue weighted by molar-refractivity contribution is 8.14. The summed E-state index contributed by atoms with van der Waals surface area (Å²) in [6.45, 7) is 2.11. The van der Waals surface area contributed by atoms with E-state index in [4.69, 9.17) is 9.47 Å². The van der Waals surface area contributed by atoms with Gasteiger partial charge in [-0.2, -0.15) is 0 Å². The molecule has 0 fully saturated rings. The Balaban J connectivity index is 1.89. The number of thioether (sulfide) groups is 1. The van der Waals surface area contributed by atoms with Gasteiger partial charge in [-0.25, -0.2) is 4.99 Å². The summed E-state index contributed by atoms with van der Waals surface area (Å²) in [6, 6.07) is 17.0. The SMILES string of the molecule is COC(=O)[C@@H](C)SC1=N/C(=C\c2ccc(OC)cc2)C(=O)N1Cc1ccccc1. The van der Waals surface area contributed by atoms with Crippen molar-refractivity contribution in [3.63, 3.8) is 0 Å². The van der Waals surface area contributed by atoms with Gasteiger partial charge < -0.3 is 9.47 Å². The van der Waals surface area contributed by atoms with Crippen LogP contribution in [0.1, 0.15) is 18.1 Å². The molecule has 1 amide bonds. The van der Waals surface area contributed by atoms with Crippen LogP contribution in [0.2, 0.25) is 0 Å². The lowest BCUT2D eigenvalue weighted by Crippen LogP contribution is -2.32. The van der Waals surface area contributed by atoms with Gasteiger partial charge in [0.05, 0.1) is 20.8 Å². The van der Waals surface area contributed by atoms with Crippen molar-refractivity contribution in [2.24, 2.45) is 4.99 Å². The molecular formula is C22H22N2O4S. The van der Waals surface area contributed by atoms with Crippen LogP contribution in [-0.2, 0) is 20.9 Å². The summed E-state index contributed by atoms with van der Waals surface area (Å²) in [5.74, 6) is 0.170. The molecule has 0 saturated carbocycles. The molecule has 150 valence electrons. The molecule has 1 aliphatic heterocycles. The minimum atomic E-state index is -0.481. The van der Waals surface area contributed by atoms with Crippen molar-refractivity contribution in [2.45, 2.75) is 18.7 Å². The molecule has 2 aromatic rings. The van der Waals surface area contributed by atoms with Gasteiger partial charge in [0.1, 0.15) is 16.7 Å². The molecule has 0 aliphatic carbocycles. The zero-order valence-electron chi connectivity index (χ0n) is 16.5. The highest BCUT2D eigenvalue weighted by Gasteiger charge is 2.33. The summed E-state index contributed by atoms with van der Waals surface area (Å²) in [7, 11) is 2.95. The number of ether oxygens (including phenoxy) is 2. The topological polar surface area (TPSA) is 68.2 Å². The van der Waals surface area contributed by atoms with Gasteiger partial charge in [-0.05, 0) is 36.3 Å². The molecule has 0 unspecified atom stereocenters. The second kappa shape index (κ2) is 9.43. The molecule has 0 radical (unpaired) electrons. The molecule has 7 heteroatoms. The first-order valence-corrected chi connectivity index (χ1v) is 9.94. The second-order valence-electron chi connectivity index (χ2n) is 6.36. The number of esters is 1. The second-order valence-corrected chi connectivity index (χ2v) is 7.67. The fourth-order valence-corrected chi connectivity index (χ4v) is 3.69. The number of carbonyl (C=O) groups is 2. The van der Waals surface area contributed by atoms with E-state index >= 15 is 0 Å². The maximum Gasteiger partial charge on any atom is 0.318 e. The maximum atomic E-state index is 13.1. The van der Waals surface area contributed by atoms with Crippen LogP contribution in [-0.4, -0.2) is 41.4 Å². The lowest BCUT2D eigenvalue weighted by atomic mass is 10.1. The monoisotopic (exact) mass is 410 g/mol. The quantitative estimate of drug-likeness (QED) is 0.536. The van der Waals surface area contributed by atoms with Crippen LogP contribution >= 0.6 is 11.8 Å². The molecule has 1 heterocycles. The molecular weight excluding hydrogens is 388 g/mol. The van der Waals surface area contributed by atoms with Crippen LogP contribution in [0.5, 0.6) is 5.75 Å². The van der Waals surface area contributed by atoms with Crippen molar-refractivity contribution in [2.75, 3.05) is 14.2 Å². The van der Waals surface area contributed by atoms with Crippen LogP contribution in [0.3, 0.4) is 0 Å². The van der Waals surface area contributed by atoms with Crippen LogP contribution in [0.4, 0.5) is 0 Å². The molecule has 0 spiro atoms. The molecule has 6 nitrogen and oxygen atoms in total. The number of nitrogens with zero attached hydrogens (tertiary/aromatic N) is 2. The first-order chi connectivity index (χ1) is 14.0. The van der Waals surface area contributed by atoms with Crippen molar-refractivity contribution >= 4 is 34.9 Å². The molecule has 0 aromatic heterocycles. The highest BCUT2D eigenvalue weighted by Crippen LogP contribution is 2.28. The van der Waals surface area contributed by atoms with Crippen LogP contribution < -0.4 is 4.74 Å². The van der Waals surface area contributed by atoms with E-state index in [-0.39, 0.29) is 11.9 Å². The average Bonchev–Trinajstić information content (AvgIpc) is 3.03. The van der Waals surface area contributed by atoms with Gasteiger partial charge in [0, 0.05) is 0 Å². The summed E-state index contributed by atoms with van der Waals surface area (Å²) in [4.78, 5) is 31.0. The predicted octanol–water partition coefficient (Wildman–Crippen LogP) is 3.73. The molecule has 1 atom stereocenters. The third-order valence-corrected chi connectivity index (χ3v) is 5.40. The van der Waals surface area contributed by atoms with Crippen LogP contribution in [0.15, 0.2) is 65.3 Å². The Morgan fingerprint density at radius 2 is 1.83 bits per heavy atom. The largest absolute Gasteiger partial charge is 0.497 e. The van der Waals surface area contributed by atoms with Crippen molar-refractivity contribution in [3.8, 4) is 5.75 Å². The van der Waals surface area contributed by atoms with Gasteiger partial charge in [-0.1, -0.05) is 54.2 Å². The number of methoxy groups -OCH3 is 2. The normalized spacial score (nSPS) is 16.0. The number of amidine groups is 1. The van der Waals surface area contributed by atoms with E-state index < -0.39 is 5.25 Å². The van der Waals surface area contributed by atoms with Crippen LogP contribution in [0, 0.1) is 0 Å². The zero-order chi connectivity index (χ0) is 20.8. The number of hydrogen-bond acceptors (Lipinski definition) is 6. The zero-order valence-corrected chi connectivity index (χ0v) is 17.3. The van der Waals surface area contributed by atoms with Crippen molar-refractivity contribution in [1.82, 2.24) is 4.90 Å². The Morgan fingerprint density at radius 1 is 1.14 bits per heavy atom. The van der Waals surface area contributed by atoms with E-state index in [9.17, 15) is 9.59 Å². The fraction of sp³-hybridized carbons (Fsp3) is 0.227. The van der Waals surface area contributed by atoms with Gasteiger partial charge in [-0.3, -0.25) is 14.5 Å². The van der Waals surface area contributed by atoms with E-state index in [0.29, 0.717) is 17.4 Å². The Hall–Kier alpha value is -3.06. The van der Waals surface area contributed by atoms with Gasteiger partial charge in [0.15, 0.2) is 5.17 Å². The lowest BCUT2D eigenvalue weighted by molar-refractivity contribution is -0.139. The molecule has 29 heavy (non-hydrogen) atoms. The number of benzene rings is 2. The van der Waals surface area contributed by atoms with E-state index in [0.717, 1.165) is 16.9 Å². The van der Waals surface area contributed by atoms with Gasteiger partial charge >= 0.3 is 5.97 Å². The molecule has 0 N–H and O–H groups in total. The van der Waals surface area contributed by atoms with Crippen molar-refractivity contribution in [3.05, 3.63) is 71.4 Å². The number of hydrogen-bond donors (Lipinski definition) is 0. The fourth-order valence-electron chi connectivity index (χ4n) is 2.76. The predicted molar refractivity (Wildman–Crippen MR) is 114 cm³/mol. The molecule has 0 saturated heterocycles.